The van der Waals surface area contributed by atoms with Gasteiger partial charge < -0.3 is 0 Å². The fourth-order valence-corrected chi connectivity index (χ4v) is 4.16. The van der Waals surface area contributed by atoms with Crippen LogP contribution in [0, 0.1) is 0 Å². The van der Waals surface area contributed by atoms with Gasteiger partial charge >= 0.3 is 0 Å². The van der Waals surface area contributed by atoms with E-state index in [2.05, 4.69) is 41.6 Å². The summed E-state index contributed by atoms with van der Waals surface area (Å²) in [6, 6.07) is 7.74. The minimum absolute atomic E-state index is 0.0238. The number of tetrazole rings is 1. The number of rotatable bonds is 6. The minimum Gasteiger partial charge on any atom is -0.292 e. The number of carbonyl (C=O) groups excluding carboxylic acids is 2. The van der Waals surface area contributed by atoms with Gasteiger partial charge in [0, 0.05) is 17.7 Å². The number of thioether (sulfide) groups is 1. The molecular formula is C20H27N5O2S. The number of amides is 2. The molecule has 8 heteroatoms. The van der Waals surface area contributed by atoms with E-state index in [1.807, 2.05) is 16.8 Å². The third-order valence-electron chi connectivity index (χ3n) is 4.96. The molecule has 1 aromatic carbocycles. The highest BCUT2D eigenvalue weighted by atomic mass is 32.2. The molecule has 0 spiro atoms. The number of aromatic nitrogens is 4. The fourth-order valence-electron chi connectivity index (χ4n) is 3.28. The molecular weight excluding hydrogens is 374 g/mol. The second-order valence-electron chi connectivity index (χ2n) is 8.15. The molecule has 3 rings (SSSR count). The van der Waals surface area contributed by atoms with Crippen LogP contribution in [0.5, 0.6) is 0 Å². The van der Waals surface area contributed by atoms with Crippen molar-refractivity contribution >= 4 is 23.6 Å². The molecule has 1 aliphatic rings. The van der Waals surface area contributed by atoms with E-state index in [1.54, 1.807) is 12.1 Å². The molecule has 0 atom stereocenters. The normalized spacial score (nSPS) is 15.0. The van der Waals surface area contributed by atoms with E-state index in [1.165, 1.54) is 24.6 Å². The minimum atomic E-state index is -0.369. The summed E-state index contributed by atoms with van der Waals surface area (Å²) in [5.74, 6) is -0.140. The predicted octanol–water partition coefficient (Wildman–Crippen LogP) is 3.52. The van der Waals surface area contributed by atoms with Crippen LogP contribution in [0.2, 0.25) is 0 Å². The average molecular weight is 402 g/mol. The summed E-state index contributed by atoms with van der Waals surface area (Å²) in [6.07, 6.45) is 4.84. The van der Waals surface area contributed by atoms with Crippen LogP contribution in [-0.4, -0.2) is 37.8 Å². The first-order valence-electron chi connectivity index (χ1n) is 9.70. The highest BCUT2D eigenvalue weighted by molar-refractivity contribution is 7.99. The van der Waals surface area contributed by atoms with E-state index in [4.69, 9.17) is 0 Å². The Morgan fingerprint density at radius 3 is 2.50 bits per heavy atom. The number of nitrogens with one attached hydrogen (secondary N) is 1. The van der Waals surface area contributed by atoms with Crippen LogP contribution in [0.15, 0.2) is 29.4 Å². The summed E-state index contributed by atoms with van der Waals surface area (Å²) >= 11 is 1.45. The van der Waals surface area contributed by atoms with Crippen LogP contribution in [0.4, 0.5) is 0 Å². The molecule has 0 unspecified atom stereocenters. The number of hydrogen-bond donors (Lipinski definition) is 1. The zero-order valence-corrected chi connectivity index (χ0v) is 17.5. The van der Waals surface area contributed by atoms with Crippen LogP contribution < -0.4 is 5.32 Å². The lowest BCUT2D eigenvalue weighted by molar-refractivity contribution is -0.119. The topological polar surface area (TPSA) is 89.8 Å². The average Bonchev–Trinajstić information content (AvgIpc) is 3.32. The lowest BCUT2D eigenvalue weighted by Crippen LogP contribution is -2.30. The van der Waals surface area contributed by atoms with Gasteiger partial charge in [-0.3, -0.25) is 14.9 Å². The molecule has 1 saturated carbocycles. The molecule has 7 nitrogen and oxygen atoms in total. The van der Waals surface area contributed by atoms with Crippen LogP contribution >= 0.6 is 11.8 Å². The van der Waals surface area contributed by atoms with Gasteiger partial charge in [-0.1, -0.05) is 57.5 Å². The molecule has 2 amide bonds. The Labute approximate surface area is 169 Å². The first kappa shape index (κ1) is 20.5. The summed E-state index contributed by atoms with van der Waals surface area (Å²) in [5, 5.41) is 15.1. The van der Waals surface area contributed by atoms with Crippen molar-refractivity contribution < 1.29 is 9.59 Å². The maximum Gasteiger partial charge on any atom is 0.257 e. The summed E-state index contributed by atoms with van der Waals surface area (Å²) in [7, 11) is 0. The van der Waals surface area contributed by atoms with Crippen molar-refractivity contribution in [2.45, 2.75) is 69.5 Å². The SMILES string of the molecule is CC(C)(C)c1ccc(C(=O)NC(=O)CCSc2nnnn2C2CCCC2)cc1. The van der Waals surface area contributed by atoms with E-state index in [-0.39, 0.29) is 23.7 Å². The Morgan fingerprint density at radius 1 is 1.18 bits per heavy atom. The van der Waals surface area contributed by atoms with Gasteiger partial charge in [-0.05, 0) is 46.4 Å². The smallest absolute Gasteiger partial charge is 0.257 e. The standard InChI is InChI=1S/C20H27N5O2S/c1-20(2,3)15-10-8-14(9-11-15)18(27)21-17(26)12-13-28-19-22-23-24-25(19)16-6-4-5-7-16/h8-11,16H,4-7,12-13H2,1-3H3,(H,21,26,27). The van der Waals surface area contributed by atoms with Gasteiger partial charge in [0.25, 0.3) is 5.91 Å². The lowest BCUT2D eigenvalue weighted by Gasteiger charge is -2.19. The molecule has 1 fully saturated rings. The van der Waals surface area contributed by atoms with Gasteiger partial charge in [0.15, 0.2) is 0 Å². The molecule has 0 saturated heterocycles. The molecule has 0 radical (unpaired) electrons. The Balaban J connectivity index is 1.47. The molecule has 1 aromatic heterocycles. The molecule has 150 valence electrons. The van der Waals surface area contributed by atoms with Gasteiger partial charge in [-0.2, -0.15) is 0 Å². The molecule has 1 N–H and O–H groups in total. The van der Waals surface area contributed by atoms with Crippen molar-refractivity contribution in [3.05, 3.63) is 35.4 Å². The molecule has 0 aliphatic heterocycles. The second kappa shape index (κ2) is 8.86. The van der Waals surface area contributed by atoms with Gasteiger partial charge in [0.05, 0.1) is 6.04 Å². The van der Waals surface area contributed by atoms with E-state index < -0.39 is 0 Å². The van der Waals surface area contributed by atoms with E-state index in [9.17, 15) is 9.59 Å². The predicted molar refractivity (Wildman–Crippen MR) is 108 cm³/mol. The molecule has 28 heavy (non-hydrogen) atoms. The van der Waals surface area contributed by atoms with E-state index in [0.717, 1.165) is 23.6 Å². The van der Waals surface area contributed by atoms with Gasteiger partial charge in [-0.15, -0.1) is 5.10 Å². The fraction of sp³-hybridized carbons (Fsp3) is 0.550. The van der Waals surface area contributed by atoms with Gasteiger partial charge in [0.1, 0.15) is 0 Å². The van der Waals surface area contributed by atoms with Crippen molar-refractivity contribution in [3.8, 4) is 0 Å². The van der Waals surface area contributed by atoms with Crippen molar-refractivity contribution in [1.29, 1.82) is 0 Å². The number of imide groups is 1. The third-order valence-corrected chi connectivity index (χ3v) is 5.89. The summed E-state index contributed by atoms with van der Waals surface area (Å²) in [6.45, 7) is 6.35. The number of nitrogens with zero attached hydrogens (tertiary/aromatic N) is 4. The Morgan fingerprint density at radius 2 is 1.86 bits per heavy atom. The molecule has 0 bridgehead atoms. The largest absolute Gasteiger partial charge is 0.292 e. The quantitative estimate of drug-likeness (QED) is 0.745. The lowest BCUT2D eigenvalue weighted by atomic mass is 9.87. The summed E-state index contributed by atoms with van der Waals surface area (Å²) < 4.78 is 1.87. The molecule has 2 aromatic rings. The third kappa shape index (κ3) is 5.19. The van der Waals surface area contributed by atoms with Crippen LogP contribution in [-0.2, 0) is 10.2 Å². The number of hydrogen-bond acceptors (Lipinski definition) is 6. The zero-order chi connectivity index (χ0) is 20.1. The highest BCUT2D eigenvalue weighted by Crippen LogP contribution is 2.31. The monoisotopic (exact) mass is 401 g/mol. The summed E-state index contributed by atoms with van der Waals surface area (Å²) in [5.41, 5.74) is 1.65. The molecule has 1 heterocycles. The van der Waals surface area contributed by atoms with Crippen molar-refractivity contribution in [1.82, 2.24) is 25.5 Å². The maximum absolute atomic E-state index is 12.3. The number of benzene rings is 1. The Hall–Kier alpha value is -2.22. The zero-order valence-electron chi connectivity index (χ0n) is 16.6. The Bertz CT molecular complexity index is 820. The summed E-state index contributed by atoms with van der Waals surface area (Å²) in [4.78, 5) is 24.4. The van der Waals surface area contributed by atoms with Crippen molar-refractivity contribution in [2.75, 3.05) is 5.75 Å². The van der Waals surface area contributed by atoms with Crippen LogP contribution in [0.1, 0.15) is 74.8 Å². The van der Waals surface area contributed by atoms with Crippen LogP contribution in [0.25, 0.3) is 0 Å². The number of carbonyl (C=O) groups is 2. The van der Waals surface area contributed by atoms with Crippen molar-refractivity contribution in [3.63, 3.8) is 0 Å². The van der Waals surface area contributed by atoms with Crippen molar-refractivity contribution in [2.24, 2.45) is 0 Å². The van der Waals surface area contributed by atoms with E-state index >= 15 is 0 Å². The maximum atomic E-state index is 12.3. The second-order valence-corrected chi connectivity index (χ2v) is 9.21. The highest BCUT2D eigenvalue weighted by Gasteiger charge is 2.22. The van der Waals surface area contributed by atoms with E-state index in [0.29, 0.717) is 17.4 Å². The first-order chi connectivity index (χ1) is 13.3. The van der Waals surface area contributed by atoms with Gasteiger partial charge in [-0.25, -0.2) is 4.68 Å². The van der Waals surface area contributed by atoms with Crippen LogP contribution in [0.3, 0.4) is 0 Å². The first-order valence-corrected chi connectivity index (χ1v) is 10.7. The molecule has 1 aliphatic carbocycles. The Kier molecular flexibility index (Phi) is 6.49. The van der Waals surface area contributed by atoms with Gasteiger partial charge in [0.2, 0.25) is 11.1 Å².